The van der Waals surface area contributed by atoms with E-state index in [1.165, 1.54) is 0 Å². The summed E-state index contributed by atoms with van der Waals surface area (Å²) in [5.41, 5.74) is 0.229. The Morgan fingerprint density at radius 1 is 1.40 bits per heavy atom. The highest BCUT2D eigenvalue weighted by Gasteiger charge is 2.28. The van der Waals surface area contributed by atoms with Crippen LogP contribution in [0, 0.1) is 5.92 Å². The Morgan fingerprint density at radius 3 is 2.47 bits per heavy atom. The molecule has 15 heavy (non-hydrogen) atoms. The molecule has 1 heterocycles. The second-order valence-electron chi connectivity index (χ2n) is 4.56. The smallest absolute Gasteiger partial charge is 0.106 e. The SMILES string of the molecule is CCC(O)(CC)c1cncn1CC(C)C. The van der Waals surface area contributed by atoms with E-state index < -0.39 is 5.60 Å². The van der Waals surface area contributed by atoms with Crippen LogP contribution < -0.4 is 0 Å². The lowest BCUT2D eigenvalue weighted by molar-refractivity contribution is 0.0199. The highest BCUT2D eigenvalue weighted by molar-refractivity contribution is 5.10. The minimum Gasteiger partial charge on any atom is -0.384 e. The predicted molar refractivity (Wildman–Crippen MR) is 61.5 cm³/mol. The number of hydrogen-bond acceptors (Lipinski definition) is 2. The van der Waals surface area contributed by atoms with Gasteiger partial charge in [0.05, 0.1) is 18.2 Å². The van der Waals surface area contributed by atoms with E-state index in [9.17, 15) is 5.11 Å². The first-order valence-electron chi connectivity index (χ1n) is 5.76. The van der Waals surface area contributed by atoms with Gasteiger partial charge in [0.2, 0.25) is 0 Å². The number of hydrogen-bond donors (Lipinski definition) is 1. The Kier molecular flexibility index (Phi) is 3.91. The molecule has 86 valence electrons. The van der Waals surface area contributed by atoms with Crippen LogP contribution in [-0.4, -0.2) is 14.7 Å². The molecule has 3 heteroatoms. The fourth-order valence-electron chi connectivity index (χ4n) is 1.86. The number of nitrogens with zero attached hydrogens (tertiary/aromatic N) is 2. The molecule has 0 aliphatic rings. The van der Waals surface area contributed by atoms with Crippen molar-refractivity contribution < 1.29 is 5.11 Å². The minimum absolute atomic E-state index is 0.566. The molecule has 0 aliphatic carbocycles. The van der Waals surface area contributed by atoms with Gasteiger partial charge in [0.15, 0.2) is 0 Å². The van der Waals surface area contributed by atoms with Gasteiger partial charge < -0.3 is 9.67 Å². The Morgan fingerprint density at radius 2 is 2.00 bits per heavy atom. The van der Waals surface area contributed by atoms with Crippen LogP contribution in [0.3, 0.4) is 0 Å². The third-order valence-corrected chi connectivity index (χ3v) is 2.92. The molecule has 0 radical (unpaired) electrons. The van der Waals surface area contributed by atoms with Gasteiger partial charge in [-0.2, -0.15) is 0 Å². The number of aromatic nitrogens is 2. The summed E-state index contributed by atoms with van der Waals surface area (Å²) < 4.78 is 2.07. The Labute approximate surface area is 92.1 Å². The zero-order chi connectivity index (χ0) is 11.5. The van der Waals surface area contributed by atoms with Gasteiger partial charge in [-0.05, 0) is 18.8 Å². The maximum absolute atomic E-state index is 10.4. The van der Waals surface area contributed by atoms with Crippen molar-refractivity contribution in [2.75, 3.05) is 0 Å². The van der Waals surface area contributed by atoms with Crippen molar-refractivity contribution in [2.45, 2.75) is 52.7 Å². The molecule has 0 saturated heterocycles. The van der Waals surface area contributed by atoms with Crippen molar-refractivity contribution in [2.24, 2.45) is 5.92 Å². The summed E-state index contributed by atoms with van der Waals surface area (Å²) in [5.74, 6) is 0.566. The monoisotopic (exact) mass is 210 g/mol. The van der Waals surface area contributed by atoms with E-state index in [0.29, 0.717) is 5.92 Å². The van der Waals surface area contributed by atoms with Crippen LogP contribution in [0.1, 0.15) is 46.2 Å². The molecule has 0 saturated carbocycles. The first-order valence-corrected chi connectivity index (χ1v) is 5.76. The lowest BCUT2D eigenvalue weighted by Gasteiger charge is -2.26. The average Bonchev–Trinajstić information content (AvgIpc) is 2.64. The van der Waals surface area contributed by atoms with Crippen molar-refractivity contribution in [3.05, 3.63) is 18.2 Å². The van der Waals surface area contributed by atoms with Crippen LogP contribution in [0.25, 0.3) is 0 Å². The summed E-state index contributed by atoms with van der Waals surface area (Å²) in [5, 5.41) is 10.4. The van der Waals surface area contributed by atoms with Crippen molar-refractivity contribution in [1.29, 1.82) is 0 Å². The van der Waals surface area contributed by atoms with E-state index in [1.54, 1.807) is 6.20 Å². The second-order valence-corrected chi connectivity index (χ2v) is 4.56. The van der Waals surface area contributed by atoms with Crippen LogP contribution in [-0.2, 0) is 12.1 Å². The molecule has 1 aromatic rings. The van der Waals surface area contributed by atoms with Gasteiger partial charge in [-0.1, -0.05) is 27.7 Å². The highest BCUT2D eigenvalue weighted by Crippen LogP contribution is 2.28. The van der Waals surface area contributed by atoms with Gasteiger partial charge in [-0.25, -0.2) is 4.98 Å². The van der Waals surface area contributed by atoms with E-state index in [4.69, 9.17) is 0 Å². The largest absolute Gasteiger partial charge is 0.384 e. The lowest BCUT2D eigenvalue weighted by Crippen LogP contribution is -2.27. The third-order valence-electron chi connectivity index (χ3n) is 2.92. The Bertz CT molecular complexity index is 300. The average molecular weight is 210 g/mol. The van der Waals surface area contributed by atoms with Crippen molar-refractivity contribution in [3.63, 3.8) is 0 Å². The molecule has 0 amide bonds. The molecule has 3 nitrogen and oxygen atoms in total. The fraction of sp³-hybridized carbons (Fsp3) is 0.750. The molecular weight excluding hydrogens is 188 g/mol. The predicted octanol–water partition coefficient (Wildman–Crippen LogP) is 2.55. The van der Waals surface area contributed by atoms with Crippen LogP contribution >= 0.6 is 0 Å². The summed E-state index contributed by atoms with van der Waals surface area (Å²) in [6.07, 6.45) is 5.06. The molecule has 1 N–H and O–H groups in total. The lowest BCUT2D eigenvalue weighted by atomic mass is 9.93. The van der Waals surface area contributed by atoms with E-state index in [1.807, 2.05) is 20.2 Å². The molecule has 0 unspecified atom stereocenters. The maximum atomic E-state index is 10.4. The molecule has 0 bridgehead atoms. The van der Waals surface area contributed by atoms with Crippen molar-refractivity contribution in [3.8, 4) is 0 Å². The molecule has 0 aliphatic heterocycles. The summed E-state index contributed by atoms with van der Waals surface area (Å²) in [6, 6.07) is 0. The standard InChI is InChI=1S/C12H22N2O/c1-5-12(15,6-2)11-7-13-9-14(11)8-10(3)4/h7,9-10,15H,5-6,8H2,1-4H3. The Hall–Kier alpha value is -0.830. The molecule has 1 rings (SSSR count). The normalized spacial score (nSPS) is 12.4. The third kappa shape index (κ3) is 2.59. The van der Waals surface area contributed by atoms with Gasteiger partial charge in [0, 0.05) is 6.54 Å². The highest BCUT2D eigenvalue weighted by atomic mass is 16.3. The van der Waals surface area contributed by atoms with Crippen molar-refractivity contribution in [1.82, 2.24) is 9.55 Å². The minimum atomic E-state index is -0.717. The van der Waals surface area contributed by atoms with E-state index in [0.717, 1.165) is 25.1 Å². The first-order chi connectivity index (χ1) is 7.03. The summed E-state index contributed by atoms with van der Waals surface area (Å²) in [6.45, 7) is 9.27. The van der Waals surface area contributed by atoms with Crippen LogP contribution in [0.15, 0.2) is 12.5 Å². The zero-order valence-corrected chi connectivity index (χ0v) is 10.2. The van der Waals surface area contributed by atoms with Crippen molar-refractivity contribution >= 4 is 0 Å². The number of rotatable bonds is 5. The topological polar surface area (TPSA) is 38.1 Å². The van der Waals surface area contributed by atoms with Crippen LogP contribution in [0.4, 0.5) is 0 Å². The molecular formula is C12H22N2O. The number of imidazole rings is 1. The van der Waals surface area contributed by atoms with Crippen LogP contribution in [0.5, 0.6) is 0 Å². The summed E-state index contributed by atoms with van der Waals surface area (Å²) in [7, 11) is 0. The molecule has 0 spiro atoms. The summed E-state index contributed by atoms with van der Waals surface area (Å²) in [4.78, 5) is 4.14. The van der Waals surface area contributed by atoms with Gasteiger partial charge in [-0.15, -0.1) is 0 Å². The van der Waals surface area contributed by atoms with Gasteiger partial charge in [0.1, 0.15) is 5.60 Å². The van der Waals surface area contributed by atoms with E-state index in [-0.39, 0.29) is 0 Å². The van der Waals surface area contributed by atoms with Gasteiger partial charge in [-0.3, -0.25) is 0 Å². The molecule has 0 atom stereocenters. The quantitative estimate of drug-likeness (QED) is 0.811. The molecule has 0 aromatic carbocycles. The van der Waals surface area contributed by atoms with Crippen LogP contribution in [0.2, 0.25) is 0 Å². The first kappa shape index (κ1) is 12.2. The zero-order valence-electron chi connectivity index (χ0n) is 10.2. The summed E-state index contributed by atoms with van der Waals surface area (Å²) >= 11 is 0. The van der Waals surface area contributed by atoms with Gasteiger partial charge in [0.25, 0.3) is 0 Å². The molecule has 1 aromatic heterocycles. The number of aliphatic hydroxyl groups is 1. The van der Waals surface area contributed by atoms with Gasteiger partial charge >= 0.3 is 0 Å². The van der Waals surface area contributed by atoms with E-state index >= 15 is 0 Å². The fourth-order valence-corrected chi connectivity index (χ4v) is 1.86. The molecule has 0 fully saturated rings. The second kappa shape index (κ2) is 4.79. The van der Waals surface area contributed by atoms with E-state index in [2.05, 4.69) is 23.4 Å². The maximum Gasteiger partial charge on any atom is 0.106 e. The Balaban J connectivity index is 2.98.